The van der Waals surface area contributed by atoms with Crippen LogP contribution in [0.15, 0.2) is 36.4 Å². The third kappa shape index (κ3) is 10.1. The summed E-state index contributed by atoms with van der Waals surface area (Å²) in [5.41, 5.74) is -2.42. The van der Waals surface area contributed by atoms with Gasteiger partial charge in [0.15, 0.2) is 0 Å². The Morgan fingerprint density at radius 1 is 1.09 bits per heavy atom. The standard InChI is InChI=1S/C29H40ClN3O10/c1-18(2)23(24(37)33-14-13-29(40,27(3,4)16-33)19-7-9-20(30)10-8-19)32-25(38)31-15-28(5,6)43-26(39)42-17-41-22(36)12-11-21(34)35/h7-12,18,23,40H,13-17H2,1-6H3,(H,34,35)(H2,31,32,38)/t23-,29+/m1/s1. The molecule has 4 N–H and O–H groups in total. The second kappa shape index (κ2) is 14.6. The topological polar surface area (TPSA) is 181 Å². The minimum atomic E-state index is -1.35. The van der Waals surface area contributed by atoms with Crippen LogP contribution in [0, 0.1) is 11.3 Å². The van der Waals surface area contributed by atoms with Gasteiger partial charge >= 0.3 is 24.1 Å². The van der Waals surface area contributed by atoms with Crippen molar-refractivity contribution in [2.75, 3.05) is 26.4 Å². The Bertz CT molecular complexity index is 1220. The van der Waals surface area contributed by atoms with E-state index < -0.39 is 53.6 Å². The van der Waals surface area contributed by atoms with E-state index in [-0.39, 0.29) is 31.5 Å². The van der Waals surface area contributed by atoms with Gasteiger partial charge in [0.05, 0.1) is 12.1 Å². The largest absolute Gasteiger partial charge is 0.511 e. The molecule has 0 unspecified atom stereocenters. The molecule has 1 saturated heterocycles. The lowest BCUT2D eigenvalue weighted by atomic mass is 9.66. The molecule has 0 radical (unpaired) electrons. The second-order valence-electron chi connectivity index (χ2n) is 11.8. The predicted octanol–water partition coefficient (Wildman–Crippen LogP) is 3.18. The fourth-order valence-corrected chi connectivity index (χ4v) is 4.71. The zero-order valence-corrected chi connectivity index (χ0v) is 25.9. The fraction of sp³-hybridized carbons (Fsp3) is 0.552. The number of esters is 1. The summed E-state index contributed by atoms with van der Waals surface area (Å²) in [4.78, 5) is 61.6. The van der Waals surface area contributed by atoms with Crippen molar-refractivity contribution in [1.82, 2.24) is 15.5 Å². The highest BCUT2D eigenvalue weighted by atomic mass is 35.5. The number of carboxylic acids is 1. The quantitative estimate of drug-likeness (QED) is 0.162. The van der Waals surface area contributed by atoms with Crippen LogP contribution in [0.25, 0.3) is 0 Å². The van der Waals surface area contributed by atoms with E-state index in [1.807, 2.05) is 13.8 Å². The third-order valence-corrected chi connectivity index (χ3v) is 7.33. The number of aliphatic carboxylic acids is 1. The molecule has 1 aromatic carbocycles. The molecule has 1 heterocycles. The van der Waals surface area contributed by atoms with E-state index in [9.17, 15) is 29.1 Å². The molecule has 0 spiro atoms. The number of halogens is 1. The molecular formula is C29H40ClN3O10. The van der Waals surface area contributed by atoms with E-state index in [1.54, 1.807) is 43.0 Å². The van der Waals surface area contributed by atoms with Crippen molar-refractivity contribution in [2.24, 2.45) is 11.3 Å². The monoisotopic (exact) mass is 625 g/mol. The van der Waals surface area contributed by atoms with Gasteiger partial charge in [0.2, 0.25) is 12.7 Å². The number of piperidine rings is 1. The molecule has 238 valence electrons. The number of amides is 3. The normalized spacial score (nSPS) is 19.0. The summed E-state index contributed by atoms with van der Waals surface area (Å²) in [5, 5.41) is 25.9. The number of nitrogens with zero attached hydrogens (tertiary/aromatic N) is 1. The van der Waals surface area contributed by atoms with E-state index in [0.29, 0.717) is 23.6 Å². The Hall–Kier alpha value is -3.84. The van der Waals surface area contributed by atoms with Crippen LogP contribution in [-0.4, -0.2) is 83.2 Å². The molecule has 13 nitrogen and oxygen atoms in total. The van der Waals surface area contributed by atoms with Crippen molar-refractivity contribution < 1.29 is 48.4 Å². The first kappa shape index (κ1) is 35.4. The Kier molecular flexibility index (Phi) is 12.0. The van der Waals surface area contributed by atoms with Gasteiger partial charge in [0.1, 0.15) is 11.6 Å². The molecule has 43 heavy (non-hydrogen) atoms. The van der Waals surface area contributed by atoms with Crippen LogP contribution in [-0.2, 0) is 34.2 Å². The van der Waals surface area contributed by atoms with Gasteiger partial charge < -0.3 is 40.0 Å². The minimum Gasteiger partial charge on any atom is -0.478 e. The third-order valence-electron chi connectivity index (χ3n) is 7.08. The molecule has 0 aliphatic carbocycles. The molecule has 3 amide bonds. The van der Waals surface area contributed by atoms with Gasteiger partial charge in [-0.3, -0.25) is 4.79 Å². The van der Waals surface area contributed by atoms with Crippen LogP contribution in [0.4, 0.5) is 9.59 Å². The molecule has 1 aromatic rings. The van der Waals surface area contributed by atoms with Crippen LogP contribution in [0.3, 0.4) is 0 Å². The summed E-state index contributed by atoms with van der Waals surface area (Å²) in [6.45, 7) is 9.95. The summed E-state index contributed by atoms with van der Waals surface area (Å²) in [7, 11) is 0. The van der Waals surface area contributed by atoms with Crippen LogP contribution in [0.2, 0.25) is 5.02 Å². The highest BCUT2D eigenvalue weighted by Crippen LogP contribution is 2.46. The lowest BCUT2D eigenvalue weighted by Gasteiger charge is -2.51. The Morgan fingerprint density at radius 2 is 1.72 bits per heavy atom. The molecule has 2 atom stereocenters. The predicted molar refractivity (Wildman–Crippen MR) is 155 cm³/mol. The highest BCUT2D eigenvalue weighted by Gasteiger charge is 2.50. The second-order valence-corrected chi connectivity index (χ2v) is 12.3. The number of carboxylic acid groups (broad SMARTS) is 1. The minimum absolute atomic E-state index is 0.154. The summed E-state index contributed by atoms with van der Waals surface area (Å²) in [6.07, 6.45) is 0.313. The number of urea groups is 1. The van der Waals surface area contributed by atoms with E-state index in [4.69, 9.17) is 21.4 Å². The zero-order valence-electron chi connectivity index (χ0n) is 25.1. The number of hydrogen-bond donors (Lipinski definition) is 4. The molecule has 0 saturated carbocycles. The molecule has 2 rings (SSSR count). The van der Waals surface area contributed by atoms with Crippen LogP contribution in [0.5, 0.6) is 0 Å². The van der Waals surface area contributed by atoms with E-state index in [1.165, 1.54) is 13.8 Å². The maximum absolute atomic E-state index is 13.6. The van der Waals surface area contributed by atoms with Gasteiger partial charge in [-0.15, -0.1) is 0 Å². The van der Waals surface area contributed by atoms with E-state index in [2.05, 4.69) is 20.1 Å². The molecule has 0 bridgehead atoms. The number of aliphatic hydroxyl groups is 1. The maximum atomic E-state index is 13.6. The molecule has 1 fully saturated rings. The molecule has 0 aromatic heterocycles. The van der Waals surface area contributed by atoms with E-state index in [0.717, 1.165) is 5.56 Å². The number of carbonyl (C=O) groups excluding carboxylic acids is 4. The summed E-state index contributed by atoms with van der Waals surface area (Å²) in [6, 6.07) is 5.48. The molecule has 1 aliphatic rings. The van der Waals surface area contributed by atoms with Gasteiger partial charge in [0.25, 0.3) is 0 Å². The zero-order chi connectivity index (χ0) is 32.6. The average molecular weight is 626 g/mol. The first-order chi connectivity index (χ1) is 19.9. The van der Waals surface area contributed by atoms with Crippen molar-refractivity contribution >= 4 is 41.6 Å². The first-order valence-electron chi connectivity index (χ1n) is 13.6. The van der Waals surface area contributed by atoms with Crippen LogP contribution < -0.4 is 10.6 Å². The Morgan fingerprint density at radius 3 is 2.28 bits per heavy atom. The molecule has 1 aliphatic heterocycles. The van der Waals surface area contributed by atoms with Crippen molar-refractivity contribution in [1.29, 1.82) is 0 Å². The summed E-state index contributed by atoms with van der Waals surface area (Å²) < 4.78 is 14.3. The lowest BCUT2D eigenvalue weighted by molar-refractivity contribution is -0.155. The fourth-order valence-electron chi connectivity index (χ4n) is 4.58. The van der Waals surface area contributed by atoms with Gasteiger partial charge in [-0.05, 0) is 43.9 Å². The van der Waals surface area contributed by atoms with Crippen molar-refractivity contribution in [3.63, 3.8) is 0 Å². The Labute approximate surface area is 255 Å². The van der Waals surface area contributed by atoms with Gasteiger partial charge in [-0.25, -0.2) is 19.2 Å². The molecule has 14 heteroatoms. The number of rotatable bonds is 11. The SMILES string of the molecule is CC(C)[C@@H](NC(=O)NCC(C)(C)OC(=O)OCOC(=O)C=CC(=O)O)C(=O)N1CC[C@](O)(c2ccc(Cl)cc2)C(C)(C)C1. The van der Waals surface area contributed by atoms with Crippen molar-refractivity contribution in [3.05, 3.63) is 47.0 Å². The number of nitrogens with one attached hydrogen (secondary N) is 2. The maximum Gasteiger partial charge on any atom is 0.511 e. The number of benzene rings is 1. The first-order valence-corrected chi connectivity index (χ1v) is 14.0. The smallest absolute Gasteiger partial charge is 0.478 e. The summed E-state index contributed by atoms with van der Waals surface area (Å²) >= 11 is 6.02. The van der Waals surface area contributed by atoms with Gasteiger partial charge in [0, 0.05) is 35.7 Å². The lowest BCUT2D eigenvalue weighted by Crippen LogP contribution is -2.61. The van der Waals surface area contributed by atoms with Gasteiger partial charge in [-0.2, -0.15) is 0 Å². The number of hydrogen-bond acceptors (Lipinski definition) is 9. The highest BCUT2D eigenvalue weighted by molar-refractivity contribution is 6.30. The van der Waals surface area contributed by atoms with Gasteiger partial charge in [-0.1, -0.05) is 51.4 Å². The number of carbonyl (C=O) groups is 5. The van der Waals surface area contributed by atoms with E-state index >= 15 is 0 Å². The Balaban J connectivity index is 1.91. The van der Waals surface area contributed by atoms with Crippen molar-refractivity contribution in [2.45, 2.75) is 65.2 Å². The van der Waals surface area contributed by atoms with Crippen LogP contribution >= 0.6 is 11.6 Å². The average Bonchev–Trinajstić information content (AvgIpc) is 2.90. The summed E-state index contributed by atoms with van der Waals surface area (Å²) in [5.74, 6) is -2.93. The van der Waals surface area contributed by atoms with Crippen LogP contribution in [0.1, 0.15) is 53.5 Å². The number of likely N-dealkylation sites (tertiary alicyclic amines) is 1. The van der Waals surface area contributed by atoms with Crippen molar-refractivity contribution in [3.8, 4) is 0 Å². The molecular weight excluding hydrogens is 586 g/mol. The number of ether oxygens (including phenoxy) is 3.